The van der Waals surface area contributed by atoms with Crippen LogP contribution < -0.4 is 10.2 Å². The highest BCUT2D eigenvalue weighted by Gasteiger charge is 2.40. The summed E-state index contributed by atoms with van der Waals surface area (Å²) < 4.78 is 0. The van der Waals surface area contributed by atoms with Gasteiger partial charge in [-0.3, -0.25) is 9.59 Å². The van der Waals surface area contributed by atoms with E-state index in [2.05, 4.69) is 5.32 Å². The number of hydrogen-bond acceptors (Lipinski definition) is 3. The summed E-state index contributed by atoms with van der Waals surface area (Å²) in [5.74, 6) is -0.832. The molecule has 1 heterocycles. The van der Waals surface area contributed by atoms with Crippen molar-refractivity contribution in [3.8, 4) is 0 Å². The molecule has 0 unspecified atom stereocenters. The number of carbonyl (C=O) groups is 2. The van der Waals surface area contributed by atoms with Crippen molar-refractivity contribution < 1.29 is 9.59 Å². The van der Waals surface area contributed by atoms with E-state index in [4.69, 9.17) is 23.2 Å². The van der Waals surface area contributed by atoms with Gasteiger partial charge in [0.05, 0.1) is 11.3 Å². The largest absolute Gasteiger partial charge is 0.350 e. The van der Waals surface area contributed by atoms with E-state index in [9.17, 15) is 9.59 Å². The van der Waals surface area contributed by atoms with Gasteiger partial charge >= 0.3 is 0 Å². The second-order valence-corrected chi connectivity index (χ2v) is 7.50. The smallest absolute Gasteiger partial charge is 0.282 e. The molecule has 1 aliphatic heterocycles. The first-order valence-corrected chi connectivity index (χ1v) is 9.68. The number of aryl methyl sites for hydroxylation is 1. The number of benzene rings is 3. The van der Waals surface area contributed by atoms with Crippen LogP contribution in [0.1, 0.15) is 11.1 Å². The number of rotatable bonds is 4. The monoisotopic (exact) mass is 422 g/mol. The number of nitrogens with zero attached hydrogens (tertiary/aromatic N) is 1. The van der Waals surface area contributed by atoms with E-state index in [0.29, 0.717) is 32.6 Å². The Kier molecular flexibility index (Phi) is 5.14. The third-order valence-electron chi connectivity index (χ3n) is 4.69. The molecule has 0 aliphatic carbocycles. The zero-order chi connectivity index (χ0) is 20.5. The zero-order valence-electron chi connectivity index (χ0n) is 15.4. The molecule has 0 aromatic heterocycles. The Bertz CT molecular complexity index is 1140. The number of amides is 2. The quantitative estimate of drug-likeness (QED) is 0.548. The fourth-order valence-electron chi connectivity index (χ4n) is 3.21. The maximum absolute atomic E-state index is 13.3. The highest BCUT2D eigenvalue weighted by atomic mass is 35.5. The average molecular weight is 423 g/mol. The summed E-state index contributed by atoms with van der Waals surface area (Å²) in [4.78, 5) is 27.8. The van der Waals surface area contributed by atoms with Crippen molar-refractivity contribution >= 4 is 52.0 Å². The molecular formula is C23H16Cl2N2O2. The molecule has 2 amide bonds. The van der Waals surface area contributed by atoms with Crippen LogP contribution >= 0.6 is 23.2 Å². The second-order valence-electron chi connectivity index (χ2n) is 6.62. The summed E-state index contributed by atoms with van der Waals surface area (Å²) in [7, 11) is 0. The van der Waals surface area contributed by atoms with E-state index in [1.807, 2.05) is 31.2 Å². The summed E-state index contributed by atoms with van der Waals surface area (Å²) in [5.41, 5.74) is 3.20. The lowest BCUT2D eigenvalue weighted by atomic mass is 10.0. The fraction of sp³-hybridized carbons (Fsp3) is 0.0435. The van der Waals surface area contributed by atoms with E-state index in [1.54, 1.807) is 48.5 Å². The minimum absolute atomic E-state index is 0.210. The second kappa shape index (κ2) is 7.74. The molecule has 3 aromatic rings. The lowest BCUT2D eigenvalue weighted by molar-refractivity contribution is -0.120. The molecule has 1 N–H and O–H groups in total. The van der Waals surface area contributed by atoms with E-state index in [1.165, 1.54) is 0 Å². The Morgan fingerprint density at radius 1 is 0.793 bits per heavy atom. The van der Waals surface area contributed by atoms with Crippen molar-refractivity contribution in [3.63, 3.8) is 0 Å². The normalized spacial score (nSPS) is 14.0. The molecular weight excluding hydrogens is 407 g/mol. The Balaban J connectivity index is 1.83. The summed E-state index contributed by atoms with van der Waals surface area (Å²) in [6.07, 6.45) is 0. The maximum atomic E-state index is 13.3. The highest BCUT2D eigenvalue weighted by Crippen LogP contribution is 2.35. The Labute approximate surface area is 178 Å². The van der Waals surface area contributed by atoms with Gasteiger partial charge in [-0.1, -0.05) is 59.6 Å². The number of hydrogen-bond donors (Lipinski definition) is 1. The Hall–Kier alpha value is -3.08. The van der Waals surface area contributed by atoms with E-state index >= 15 is 0 Å². The molecule has 0 radical (unpaired) electrons. The molecule has 0 bridgehead atoms. The first-order valence-electron chi connectivity index (χ1n) is 8.93. The summed E-state index contributed by atoms with van der Waals surface area (Å²) in [5, 5.41) is 4.21. The predicted octanol–water partition coefficient (Wildman–Crippen LogP) is 5.70. The molecule has 0 atom stereocenters. The van der Waals surface area contributed by atoms with Crippen molar-refractivity contribution in [1.29, 1.82) is 0 Å². The van der Waals surface area contributed by atoms with Crippen LogP contribution in [-0.4, -0.2) is 11.8 Å². The molecule has 0 fully saturated rings. The van der Waals surface area contributed by atoms with Crippen molar-refractivity contribution in [2.75, 3.05) is 10.2 Å². The van der Waals surface area contributed by atoms with Gasteiger partial charge in [0, 0.05) is 15.7 Å². The number of halogens is 2. The van der Waals surface area contributed by atoms with Crippen LogP contribution in [0.15, 0.2) is 78.5 Å². The van der Waals surface area contributed by atoms with Crippen molar-refractivity contribution in [2.45, 2.75) is 6.92 Å². The molecule has 144 valence electrons. The third kappa shape index (κ3) is 3.65. The molecule has 0 spiro atoms. The van der Waals surface area contributed by atoms with E-state index in [-0.39, 0.29) is 5.70 Å². The van der Waals surface area contributed by atoms with Crippen molar-refractivity contribution in [3.05, 3.63) is 99.7 Å². The van der Waals surface area contributed by atoms with Gasteiger partial charge in [-0.15, -0.1) is 0 Å². The topological polar surface area (TPSA) is 49.4 Å². The molecule has 1 aliphatic rings. The number of imide groups is 1. The molecule has 0 saturated carbocycles. The van der Waals surface area contributed by atoms with Gasteiger partial charge in [0.2, 0.25) is 0 Å². The van der Waals surface area contributed by atoms with Gasteiger partial charge in [0.25, 0.3) is 11.8 Å². The van der Waals surface area contributed by atoms with Gasteiger partial charge in [-0.25, -0.2) is 4.90 Å². The van der Waals surface area contributed by atoms with E-state index < -0.39 is 11.8 Å². The van der Waals surface area contributed by atoms with Crippen molar-refractivity contribution in [2.24, 2.45) is 0 Å². The van der Waals surface area contributed by atoms with Gasteiger partial charge in [-0.2, -0.15) is 0 Å². The van der Waals surface area contributed by atoms with Crippen LogP contribution in [0.2, 0.25) is 10.0 Å². The van der Waals surface area contributed by atoms with Crippen LogP contribution in [0.3, 0.4) is 0 Å². The average Bonchev–Trinajstić information content (AvgIpc) is 2.96. The molecule has 4 nitrogen and oxygen atoms in total. The fourth-order valence-corrected chi connectivity index (χ4v) is 3.50. The molecule has 4 rings (SSSR count). The molecule has 6 heteroatoms. The zero-order valence-corrected chi connectivity index (χ0v) is 17.0. The number of nitrogens with one attached hydrogen (secondary N) is 1. The van der Waals surface area contributed by atoms with Crippen molar-refractivity contribution in [1.82, 2.24) is 0 Å². The highest BCUT2D eigenvalue weighted by molar-refractivity contribution is 6.46. The molecule has 3 aromatic carbocycles. The standard InChI is InChI=1S/C23H16Cl2N2O2/c1-14-7-8-17(25)13-19(14)26-21-20(15-5-3-2-4-6-15)22(28)27(23(21)29)18-11-9-16(24)10-12-18/h2-13,26H,1H3. The van der Waals surface area contributed by atoms with Crippen LogP contribution in [0.4, 0.5) is 11.4 Å². The number of anilines is 2. The SMILES string of the molecule is Cc1ccc(Cl)cc1NC1=C(c2ccccc2)C(=O)N(c2ccc(Cl)cc2)C1=O. The third-order valence-corrected chi connectivity index (χ3v) is 5.18. The Morgan fingerprint density at radius 2 is 1.45 bits per heavy atom. The minimum Gasteiger partial charge on any atom is -0.350 e. The number of carbonyl (C=O) groups excluding carboxylic acids is 2. The maximum Gasteiger partial charge on any atom is 0.282 e. The van der Waals surface area contributed by atoms with Gasteiger partial charge < -0.3 is 5.32 Å². The van der Waals surface area contributed by atoms with Crippen LogP contribution in [0, 0.1) is 6.92 Å². The van der Waals surface area contributed by atoms with Crippen LogP contribution in [0.5, 0.6) is 0 Å². The van der Waals surface area contributed by atoms with Gasteiger partial charge in [0.15, 0.2) is 0 Å². The first-order chi connectivity index (χ1) is 14.0. The lowest BCUT2D eigenvalue weighted by Crippen LogP contribution is -2.32. The Morgan fingerprint density at radius 3 is 2.14 bits per heavy atom. The molecule has 29 heavy (non-hydrogen) atoms. The van der Waals surface area contributed by atoms with E-state index in [0.717, 1.165) is 10.5 Å². The van der Waals surface area contributed by atoms with Crippen LogP contribution in [0.25, 0.3) is 5.57 Å². The lowest BCUT2D eigenvalue weighted by Gasteiger charge is -2.16. The minimum atomic E-state index is -0.435. The first kappa shape index (κ1) is 19.2. The van der Waals surface area contributed by atoms with Crippen LogP contribution in [-0.2, 0) is 9.59 Å². The van der Waals surface area contributed by atoms with Gasteiger partial charge in [-0.05, 0) is 54.4 Å². The molecule has 0 saturated heterocycles. The predicted molar refractivity (Wildman–Crippen MR) is 117 cm³/mol. The summed E-state index contributed by atoms with van der Waals surface area (Å²) >= 11 is 12.1. The van der Waals surface area contributed by atoms with Gasteiger partial charge in [0.1, 0.15) is 5.70 Å². The summed E-state index contributed by atoms with van der Waals surface area (Å²) in [6, 6.07) is 21.1. The summed E-state index contributed by atoms with van der Waals surface area (Å²) in [6.45, 7) is 1.90.